The average Bonchev–Trinajstić information content (AvgIpc) is 2.51. The Labute approximate surface area is 137 Å². The molecule has 0 atom stereocenters. The van der Waals surface area contributed by atoms with Crippen molar-refractivity contribution < 1.29 is 9.90 Å². The van der Waals surface area contributed by atoms with Crippen LogP contribution in [-0.4, -0.2) is 30.8 Å². The summed E-state index contributed by atoms with van der Waals surface area (Å²) in [6.07, 6.45) is 7.35. The van der Waals surface area contributed by atoms with Crippen molar-refractivity contribution in [1.29, 1.82) is 0 Å². The maximum atomic E-state index is 10.2. The van der Waals surface area contributed by atoms with E-state index in [1.807, 2.05) is 0 Å². The number of benzene rings is 1. The molecule has 0 aliphatic carbocycles. The van der Waals surface area contributed by atoms with Crippen LogP contribution in [0.15, 0.2) is 30.3 Å². The van der Waals surface area contributed by atoms with Gasteiger partial charge in [0.25, 0.3) is 0 Å². The van der Waals surface area contributed by atoms with Crippen LogP contribution in [-0.2, 0) is 0 Å². The van der Waals surface area contributed by atoms with Gasteiger partial charge in [0.2, 0.25) is 0 Å². The second-order valence-electron chi connectivity index (χ2n) is 5.38. The summed E-state index contributed by atoms with van der Waals surface area (Å²) in [5, 5.41) is 8.38. The molecule has 0 aliphatic rings. The van der Waals surface area contributed by atoms with Gasteiger partial charge in [0.1, 0.15) is 0 Å². The zero-order valence-electron chi connectivity index (χ0n) is 13.9. The number of hydrogen-bond donors (Lipinski definition) is 1. The number of hydrogen-bond acceptors (Lipinski definition) is 1. The van der Waals surface area contributed by atoms with Crippen molar-refractivity contribution in [2.75, 3.05) is 0 Å². The van der Waals surface area contributed by atoms with E-state index in [0.29, 0.717) is 5.56 Å². The van der Waals surface area contributed by atoms with E-state index in [2.05, 4.69) is 20.8 Å². The summed E-state index contributed by atoms with van der Waals surface area (Å²) >= 11 is -0.812. The van der Waals surface area contributed by atoms with E-state index in [0.717, 1.165) is 0 Å². The standard InChI is InChI=1S/C7H6O2.2C4H9.C3H7.Sn/c8-7(9)6-4-2-1-3-5-6;2*1-3-4-2;1-3-2;/h1-5H,(H,8,9);2*1,3-4H2,2H3;1,3H2,2H3;. The molecule has 0 aliphatic heterocycles. The Bertz CT molecular complexity index is 343. The minimum absolute atomic E-state index is 0.331. The van der Waals surface area contributed by atoms with Crippen molar-refractivity contribution in [2.45, 2.75) is 66.2 Å². The van der Waals surface area contributed by atoms with Gasteiger partial charge >= 0.3 is 91.9 Å². The fraction of sp³-hybridized carbons (Fsp3) is 0.611. The number of unbranched alkanes of at least 4 members (excludes halogenated alkanes) is 2. The second-order valence-corrected chi connectivity index (χ2v) is 13.9. The van der Waals surface area contributed by atoms with Gasteiger partial charge in [-0.25, -0.2) is 4.79 Å². The van der Waals surface area contributed by atoms with Crippen molar-refractivity contribution in [3.8, 4) is 0 Å². The molecule has 0 heterocycles. The van der Waals surface area contributed by atoms with E-state index in [1.54, 1.807) is 43.6 Å². The zero-order valence-corrected chi connectivity index (χ0v) is 16.8. The van der Waals surface area contributed by atoms with Crippen LogP contribution in [0, 0.1) is 0 Å². The molecule has 0 bridgehead atoms. The van der Waals surface area contributed by atoms with Crippen molar-refractivity contribution in [3.05, 3.63) is 35.9 Å². The molecule has 1 rings (SSSR count). The van der Waals surface area contributed by atoms with E-state index in [9.17, 15) is 4.79 Å². The first-order valence-electron chi connectivity index (χ1n) is 8.27. The van der Waals surface area contributed by atoms with Crippen LogP contribution in [0.4, 0.5) is 0 Å². The van der Waals surface area contributed by atoms with Gasteiger partial charge in [-0.2, -0.15) is 0 Å². The van der Waals surface area contributed by atoms with Crippen molar-refractivity contribution in [3.63, 3.8) is 0 Å². The van der Waals surface area contributed by atoms with Gasteiger partial charge in [-0.3, -0.25) is 0 Å². The number of carboxylic acid groups (broad SMARTS) is 1. The van der Waals surface area contributed by atoms with Crippen molar-refractivity contribution in [1.82, 2.24) is 0 Å². The fourth-order valence-corrected chi connectivity index (χ4v) is 11.2. The molecule has 0 saturated heterocycles. The predicted molar refractivity (Wildman–Crippen MR) is 93.7 cm³/mol. The molecule has 1 aromatic rings. The Morgan fingerprint density at radius 1 is 0.905 bits per heavy atom. The van der Waals surface area contributed by atoms with Crippen LogP contribution in [0.5, 0.6) is 0 Å². The van der Waals surface area contributed by atoms with Gasteiger partial charge in [0, 0.05) is 0 Å². The predicted octanol–water partition coefficient (Wildman–Crippen LogP) is 5.88. The zero-order chi connectivity index (χ0) is 15.9. The molecule has 21 heavy (non-hydrogen) atoms. The topological polar surface area (TPSA) is 37.3 Å². The molecule has 0 unspecified atom stereocenters. The average molecular weight is 398 g/mol. The third kappa shape index (κ3) is 11.8. The molecule has 0 spiro atoms. The minimum Gasteiger partial charge on any atom is -0.478 e. The summed E-state index contributed by atoms with van der Waals surface area (Å²) < 4.78 is 5.00. The molecule has 0 amide bonds. The molecule has 2 nitrogen and oxygen atoms in total. The van der Waals surface area contributed by atoms with Crippen LogP contribution in [0.1, 0.15) is 63.2 Å². The Hall–Kier alpha value is -0.511. The third-order valence-electron chi connectivity index (χ3n) is 3.39. The van der Waals surface area contributed by atoms with Crippen LogP contribution in [0.25, 0.3) is 0 Å². The molecule has 1 aromatic carbocycles. The van der Waals surface area contributed by atoms with Crippen molar-refractivity contribution in [2.24, 2.45) is 0 Å². The Kier molecular flexibility index (Phi) is 14.1. The molecule has 0 aromatic heterocycles. The molecule has 119 valence electrons. The Morgan fingerprint density at radius 3 is 1.76 bits per heavy atom. The number of carbonyl (C=O) groups is 1. The van der Waals surface area contributed by atoms with Gasteiger partial charge in [0.15, 0.2) is 0 Å². The molecule has 3 heteroatoms. The first-order valence-corrected chi connectivity index (χ1v) is 14.3. The summed E-state index contributed by atoms with van der Waals surface area (Å²) in [6, 6.07) is 8.30. The van der Waals surface area contributed by atoms with Gasteiger partial charge in [-0.15, -0.1) is 0 Å². The second kappa shape index (κ2) is 14.4. The number of aromatic carboxylic acids is 1. The van der Waals surface area contributed by atoms with E-state index >= 15 is 0 Å². The van der Waals surface area contributed by atoms with Gasteiger partial charge in [-0.1, -0.05) is 18.2 Å². The Morgan fingerprint density at radius 2 is 1.43 bits per heavy atom. The summed E-state index contributed by atoms with van der Waals surface area (Å²) in [7, 11) is 0. The maximum absolute atomic E-state index is 10.2. The van der Waals surface area contributed by atoms with E-state index in [1.165, 1.54) is 32.1 Å². The van der Waals surface area contributed by atoms with Crippen LogP contribution < -0.4 is 0 Å². The number of carboxylic acids is 1. The summed E-state index contributed by atoms with van der Waals surface area (Å²) in [5.41, 5.74) is 0.331. The largest absolute Gasteiger partial charge is 0.478 e. The minimum atomic E-state index is -0.879. The normalized spacial score (nSPS) is 10.1. The first kappa shape index (κ1) is 20.5. The quantitative estimate of drug-likeness (QED) is 0.528. The maximum Gasteiger partial charge on any atom is 0.335 e. The monoisotopic (exact) mass is 399 g/mol. The molecule has 1 N–H and O–H groups in total. The van der Waals surface area contributed by atoms with E-state index < -0.39 is 25.7 Å². The summed E-state index contributed by atoms with van der Waals surface area (Å²) in [5.74, 6) is -0.879. The smallest absolute Gasteiger partial charge is 0.335 e. The SMILES string of the molecule is CCC[CH2][Sn]([CH2]CC)[CH2]CCC.O=C(O)c1ccccc1. The third-order valence-corrected chi connectivity index (χ3v) is 12.9. The van der Waals surface area contributed by atoms with E-state index in [-0.39, 0.29) is 0 Å². The van der Waals surface area contributed by atoms with Crippen LogP contribution in [0.3, 0.4) is 0 Å². The molecule has 0 fully saturated rings. The molecular formula is C18H31O2Sn. The van der Waals surface area contributed by atoms with Crippen LogP contribution in [0.2, 0.25) is 13.3 Å². The van der Waals surface area contributed by atoms with Gasteiger partial charge in [0.05, 0.1) is 5.56 Å². The van der Waals surface area contributed by atoms with E-state index in [4.69, 9.17) is 5.11 Å². The number of rotatable bonds is 9. The molecule has 1 radical (unpaired) electrons. The molecule has 0 saturated carbocycles. The van der Waals surface area contributed by atoms with Crippen LogP contribution >= 0.6 is 0 Å². The fourth-order valence-electron chi connectivity index (χ4n) is 2.16. The van der Waals surface area contributed by atoms with Gasteiger partial charge < -0.3 is 5.11 Å². The summed E-state index contributed by atoms with van der Waals surface area (Å²) in [4.78, 5) is 10.2. The summed E-state index contributed by atoms with van der Waals surface area (Å²) in [6.45, 7) is 7.01. The molecular weight excluding hydrogens is 367 g/mol. The van der Waals surface area contributed by atoms with Gasteiger partial charge in [-0.05, 0) is 12.1 Å². The van der Waals surface area contributed by atoms with Crippen molar-refractivity contribution >= 4 is 25.7 Å². The first-order chi connectivity index (χ1) is 10.2. The Balaban J connectivity index is 0.000000394.